The molecule has 0 spiro atoms. The summed E-state index contributed by atoms with van der Waals surface area (Å²) in [6, 6.07) is 8.90. The third-order valence-electron chi connectivity index (χ3n) is 6.77. The Bertz CT molecular complexity index is 1150. The van der Waals surface area contributed by atoms with Crippen LogP contribution in [0.3, 0.4) is 0 Å². The number of anilines is 2. The summed E-state index contributed by atoms with van der Waals surface area (Å²) < 4.78 is 38.6. The SMILES string of the molecule is C=NN(c1nc(Cl)nc(NC2CCCC2)c1C)[C@@H]1O[C@H](COC(Cc2ccccc2)P(=O)(O)O)[C@@H](O)[C@@H]1F. The first-order valence-corrected chi connectivity index (χ1v) is 14.4. The molecule has 1 aliphatic carbocycles. The van der Waals surface area contributed by atoms with Crippen LogP contribution in [0.2, 0.25) is 5.28 Å². The highest BCUT2D eigenvalue weighted by atomic mass is 35.5. The number of alkyl halides is 1. The zero-order chi connectivity index (χ0) is 27.4. The van der Waals surface area contributed by atoms with Gasteiger partial charge in [-0.2, -0.15) is 10.1 Å². The number of nitrogens with one attached hydrogen (secondary N) is 1. The van der Waals surface area contributed by atoms with Crippen molar-refractivity contribution in [3.8, 4) is 0 Å². The first-order valence-electron chi connectivity index (χ1n) is 12.3. The van der Waals surface area contributed by atoms with Crippen molar-refractivity contribution in [2.75, 3.05) is 16.9 Å². The van der Waals surface area contributed by atoms with Gasteiger partial charge in [-0.3, -0.25) is 4.57 Å². The Balaban J connectivity index is 1.49. The number of aromatic nitrogens is 2. The smallest absolute Gasteiger partial charge is 0.354 e. The Labute approximate surface area is 225 Å². The number of hydrogen-bond donors (Lipinski definition) is 4. The van der Waals surface area contributed by atoms with E-state index in [0.717, 1.165) is 30.7 Å². The van der Waals surface area contributed by atoms with Gasteiger partial charge in [-0.15, -0.1) is 0 Å². The fraction of sp³-hybridized carbons (Fsp3) is 0.542. The molecule has 4 N–H and O–H groups in total. The Morgan fingerprint density at radius 3 is 2.63 bits per heavy atom. The van der Waals surface area contributed by atoms with Crippen molar-refractivity contribution in [2.45, 2.75) is 75.5 Å². The molecule has 208 valence electrons. The maximum atomic E-state index is 15.3. The van der Waals surface area contributed by atoms with Crippen LogP contribution in [0.25, 0.3) is 0 Å². The number of rotatable bonds is 11. The third kappa shape index (κ3) is 6.69. The normalized spacial score (nSPS) is 24.9. The van der Waals surface area contributed by atoms with Crippen molar-refractivity contribution in [3.63, 3.8) is 0 Å². The minimum Gasteiger partial charge on any atom is -0.387 e. The van der Waals surface area contributed by atoms with Gasteiger partial charge in [-0.1, -0.05) is 43.2 Å². The van der Waals surface area contributed by atoms with E-state index < -0.39 is 44.7 Å². The van der Waals surface area contributed by atoms with Crippen LogP contribution in [0.1, 0.15) is 36.8 Å². The van der Waals surface area contributed by atoms with Crippen molar-refractivity contribution >= 4 is 37.5 Å². The van der Waals surface area contributed by atoms with Crippen LogP contribution in [0.5, 0.6) is 0 Å². The van der Waals surface area contributed by atoms with E-state index in [1.54, 1.807) is 37.3 Å². The zero-order valence-corrected chi connectivity index (χ0v) is 22.5. The second-order valence-corrected chi connectivity index (χ2v) is 11.6. The summed E-state index contributed by atoms with van der Waals surface area (Å²) in [6.45, 7) is 4.78. The Kier molecular flexibility index (Phi) is 9.36. The number of halogens is 2. The molecule has 11 nitrogen and oxygen atoms in total. The van der Waals surface area contributed by atoms with E-state index >= 15 is 4.39 Å². The number of aliphatic hydroxyl groups excluding tert-OH is 1. The van der Waals surface area contributed by atoms with Gasteiger partial charge in [0.15, 0.2) is 24.1 Å². The van der Waals surface area contributed by atoms with Crippen LogP contribution < -0.4 is 10.3 Å². The van der Waals surface area contributed by atoms with Gasteiger partial charge in [-0.05, 0) is 36.9 Å². The molecule has 1 aliphatic heterocycles. The van der Waals surface area contributed by atoms with E-state index in [1.165, 1.54) is 0 Å². The number of hydrazone groups is 1. The number of aliphatic hydroxyl groups is 1. The minimum atomic E-state index is -4.68. The third-order valence-corrected chi connectivity index (χ3v) is 8.03. The number of benzene rings is 1. The van der Waals surface area contributed by atoms with Gasteiger partial charge in [0.25, 0.3) is 0 Å². The molecule has 1 aromatic heterocycles. The molecule has 2 fully saturated rings. The van der Waals surface area contributed by atoms with Crippen LogP contribution in [-0.2, 0) is 20.5 Å². The standard InChI is InChI=1S/C24H32ClFN5O6P/c1-14-21(28-16-10-6-7-11-16)29-24(25)30-22(14)31(27-2)23-19(26)20(32)17(37-23)13-36-18(38(33,34)35)12-15-8-4-3-5-9-15/h3-5,8-9,16-20,23,32H,2,6-7,10-13H2,1H3,(H,28,29,30)(H2,33,34,35)/t17-,18?,19+,20-,23-/m1/s1. The molecule has 2 heterocycles. The summed E-state index contributed by atoms with van der Waals surface area (Å²) in [4.78, 5) is 28.1. The Hall–Kier alpha value is -2.18. The van der Waals surface area contributed by atoms with E-state index in [9.17, 15) is 19.5 Å². The first kappa shape index (κ1) is 28.8. The van der Waals surface area contributed by atoms with E-state index in [1.807, 2.05) is 0 Å². The van der Waals surface area contributed by atoms with Crippen molar-refractivity contribution < 1.29 is 33.3 Å². The average molecular weight is 572 g/mol. The van der Waals surface area contributed by atoms with Crippen molar-refractivity contribution in [1.29, 1.82) is 0 Å². The highest BCUT2D eigenvalue weighted by Crippen LogP contribution is 2.44. The molecule has 0 amide bonds. The molecule has 0 radical (unpaired) electrons. The molecule has 1 saturated carbocycles. The minimum absolute atomic E-state index is 0.0772. The van der Waals surface area contributed by atoms with Crippen molar-refractivity contribution in [3.05, 3.63) is 46.7 Å². The topological polar surface area (TPSA) is 150 Å². The molecule has 5 atom stereocenters. The average Bonchev–Trinajstić information content (AvgIpc) is 3.49. The molecule has 2 aromatic rings. The summed E-state index contributed by atoms with van der Waals surface area (Å²) in [5.41, 5.74) is 1.19. The zero-order valence-electron chi connectivity index (χ0n) is 20.9. The highest BCUT2D eigenvalue weighted by Gasteiger charge is 2.49. The fourth-order valence-corrected chi connectivity index (χ4v) is 5.60. The predicted octanol–water partition coefficient (Wildman–Crippen LogP) is 3.40. The molecule has 0 bridgehead atoms. The number of hydrogen-bond acceptors (Lipinski definition) is 9. The Morgan fingerprint density at radius 1 is 1.32 bits per heavy atom. The van der Waals surface area contributed by atoms with Gasteiger partial charge in [0.1, 0.15) is 18.0 Å². The molecule has 14 heteroatoms. The maximum absolute atomic E-state index is 15.3. The predicted molar refractivity (Wildman–Crippen MR) is 141 cm³/mol. The molecule has 1 unspecified atom stereocenters. The van der Waals surface area contributed by atoms with Gasteiger partial charge < -0.3 is 29.7 Å². The first-order chi connectivity index (χ1) is 18.1. The lowest BCUT2D eigenvalue weighted by molar-refractivity contribution is -0.0543. The van der Waals surface area contributed by atoms with Crippen LogP contribution >= 0.6 is 19.2 Å². The lowest BCUT2D eigenvalue weighted by atomic mass is 10.1. The van der Waals surface area contributed by atoms with E-state index in [4.69, 9.17) is 21.1 Å². The Morgan fingerprint density at radius 2 is 2.00 bits per heavy atom. The highest BCUT2D eigenvalue weighted by molar-refractivity contribution is 7.52. The van der Waals surface area contributed by atoms with Gasteiger partial charge >= 0.3 is 7.60 Å². The fourth-order valence-electron chi connectivity index (χ4n) is 4.71. The summed E-state index contributed by atoms with van der Waals surface area (Å²) in [5, 5.41) is 18.8. The molecular weight excluding hydrogens is 540 g/mol. The van der Waals surface area contributed by atoms with Crippen molar-refractivity contribution in [1.82, 2.24) is 9.97 Å². The summed E-state index contributed by atoms with van der Waals surface area (Å²) in [7, 11) is -4.68. The van der Waals surface area contributed by atoms with Gasteiger partial charge in [0.2, 0.25) is 5.28 Å². The van der Waals surface area contributed by atoms with Crippen molar-refractivity contribution in [2.24, 2.45) is 5.10 Å². The maximum Gasteiger partial charge on any atom is 0.354 e. The lowest BCUT2D eigenvalue weighted by Crippen LogP contribution is -2.40. The quantitative estimate of drug-likeness (QED) is 0.137. The summed E-state index contributed by atoms with van der Waals surface area (Å²) in [5.74, 6) is -0.863. The number of ether oxygens (including phenoxy) is 2. The van der Waals surface area contributed by atoms with Gasteiger partial charge in [-0.25, -0.2) is 14.4 Å². The molecule has 4 rings (SSSR count). The summed E-state index contributed by atoms with van der Waals surface area (Å²) in [6.07, 6.45) is -2.18. The van der Waals surface area contributed by atoms with Gasteiger partial charge in [0, 0.05) is 24.7 Å². The van der Waals surface area contributed by atoms with E-state index in [-0.39, 0.29) is 23.6 Å². The van der Waals surface area contributed by atoms with Crippen LogP contribution in [0, 0.1) is 6.92 Å². The van der Waals surface area contributed by atoms with Gasteiger partial charge in [0.05, 0.1) is 6.61 Å². The van der Waals surface area contributed by atoms with Crippen LogP contribution in [-0.4, -0.2) is 74.7 Å². The molecular formula is C24H32ClFN5O6P. The van der Waals surface area contributed by atoms with Crippen LogP contribution in [0.4, 0.5) is 16.0 Å². The second kappa shape index (κ2) is 12.3. The molecule has 1 aromatic carbocycles. The van der Waals surface area contributed by atoms with E-state index in [0.29, 0.717) is 16.9 Å². The molecule has 38 heavy (non-hydrogen) atoms. The largest absolute Gasteiger partial charge is 0.387 e. The number of nitrogens with zero attached hydrogens (tertiary/aromatic N) is 4. The molecule has 1 saturated heterocycles. The van der Waals surface area contributed by atoms with Crippen LogP contribution in [0.15, 0.2) is 35.4 Å². The monoisotopic (exact) mass is 571 g/mol. The lowest BCUT2D eigenvalue weighted by Gasteiger charge is -2.28. The molecule has 2 aliphatic rings. The summed E-state index contributed by atoms with van der Waals surface area (Å²) >= 11 is 6.17. The van der Waals surface area contributed by atoms with E-state index in [2.05, 4.69) is 27.1 Å². The second-order valence-electron chi connectivity index (χ2n) is 9.47.